The first-order valence-electron chi connectivity index (χ1n) is 10.4. The van der Waals surface area contributed by atoms with Crippen LogP contribution in [0.2, 0.25) is 5.02 Å². The van der Waals surface area contributed by atoms with Crippen molar-refractivity contribution in [3.05, 3.63) is 112 Å². The number of para-hydroxylation sites is 1. The Labute approximate surface area is 201 Å². The molecule has 33 heavy (non-hydrogen) atoms. The predicted molar refractivity (Wildman–Crippen MR) is 137 cm³/mol. The molecule has 0 spiro atoms. The molecule has 4 aromatic carbocycles. The number of carbonyl (C=O) groups is 1. The van der Waals surface area contributed by atoms with Crippen LogP contribution in [0.4, 0.5) is 5.69 Å². The highest BCUT2D eigenvalue weighted by Crippen LogP contribution is 2.31. The van der Waals surface area contributed by atoms with Gasteiger partial charge in [-0.2, -0.15) is 0 Å². The van der Waals surface area contributed by atoms with Crippen molar-refractivity contribution in [3.8, 4) is 5.75 Å². The molecule has 1 fully saturated rings. The lowest BCUT2D eigenvalue weighted by Gasteiger charge is -2.09. The van der Waals surface area contributed by atoms with Gasteiger partial charge in [-0.25, -0.2) is 4.99 Å². The Morgan fingerprint density at radius 2 is 1.73 bits per heavy atom. The van der Waals surface area contributed by atoms with Gasteiger partial charge in [-0.15, -0.1) is 0 Å². The van der Waals surface area contributed by atoms with Gasteiger partial charge in [0.05, 0.1) is 15.6 Å². The largest absolute Gasteiger partial charge is 0.489 e. The zero-order valence-electron chi connectivity index (χ0n) is 17.5. The number of hydrogen-bond acceptors (Lipinski definition) is 4. The number of nitrogens with one attached hydrogen (secondary N) is 1. The van der Waals surface area contributed by atoms with Crippen molar-refractivity contribution in [2.24, 2.45) is 4.99 Å². The van der Waals surface area contributed by atoms with E-state index in [2.05, 4.69) is 34.6 Å². The second-order valence-corrected chi connectivity index (χ2v) is 8.87. The van der Waals surface area contributed by atoms with Crippen molar-refractivity contribution in [2.45, 2.75) is 6.61 Å². The number of amides is 1. The smallest absolute Gasteiger partial charge is 0.264 e. The highest BCUT2D eigenvalue weighted by Gasteiger charge is 2.24. The molecule has 4 nitrogen and oxygen atoms in total. The molecule has 0 radical (unpaired) electrons. The molecule has 1 saturated heterocycles. The molecule has 0 unspecified atom stereocenters. The first-order chi connectivity index (χ1) is 16.2. The molecule has 1 heterocycles. The van der Waals surface area contributed by atoms with E-state index in [4.69, 9.17) is 16.3 Å². The summed E-state index contributed by atoms with van der Waals surface area (Å²) >= 11 is 7.46. The molecule has 0 aromatic heterocycles. The van der Waals surface area contributed by atoms with E-state index >= 15 is 0 Å². The summed E-state index contributed by atoms with van der Waals surface area (Å²) in [5, 5.41) is 6.21. The number of aliphatic imine (C=N–C) groups is 1. The summed E-state index contributed by atoms with van der Waals surface area (Å²) in [4.78, 5) is 17.5. The molecular formula is C27H19ClN2O2S. The average Bonchev–Trinajstić information content (AvgIpc) is 3.18. The van der Waals surface area contributed by atoms with E-state index in [0.717, 1.165) is 16.9 Å². The van der Waals surface area contributed by atoms with Gasteiger partial charge in [0, 0.05) is 0 Å². The lowest BCUT2D eigenvalue weighted by molar-refractivity contribution is -0.115. The number of nitrogens with zero attached hydrogens (tertiary/aromatic N) is 1. The Kier molecular flexibility index (Phi) is 6.15. The van der Waals surface area contributed by atoms with Crippen LogP contribution in [-0.2, 0) is 11.4 Å². The van der Waals surface area contributed by atoms with Crippen molar-refractivity contribution in [2.75, 3.05) is 0 Å². The van der Waals surface area contributed by atoms with Gasteiger partial charge in [0.1, 0.15) is 12.4 Å². The standard InChI is InChI=1S/C27H19ClN2O2S/c28-23-13-3-4-14-24(23)29-27-30-26(31)25(33-27)16-18-7-5-11-21(15-18)32-17-20-10-6-9-19-8-1-2-12-22(19)20/h1-16H,17H2,(H,29,30,31)/b25-16+. The summed E-state index contributed by atoms with van der Waals surface area (Å²) in [6, 6.07) is 29.4. The third-order valence-electron chi connectivity index (χ3n) is 5.16. The van der Waals surface area contributed by atoms with E-state index in [-0.39, 0.29) is 5.91 Å². The summed E-state index contributed by atoms with van der Waals surface area (Å²) in [6.07, 6.45) is 1.83. The molecule has 0 aliphatic carbocycles. The molecule has 5 rings (SSSR count). The number of ether oxygens (including phenoxy) is 1. The van der Waals surface area contributed by atoms with Crippen LogP contribution in [0.25, 0.3) is 16.8 Å². The number of hydrogen-bond donors (Lipinski definition) is 1. The minimum atomic E-state index is -0.187. The van der Waals surface area contributed by atoms with Gasteiger partial charge in [0.2, 0.25) is 0 Å². The van der Waals surface area contributed by atoms with Gasteiger partial charge < -0.3 is 10.1 Å². The van der Waals surface area contributed by atoms with Crippen LogP contribution in [0.3, 0.4) is 0 Å². The molecule has 162 valence electrons. The molecule has 1 aliphatic heterocycles. The van der Waals surface area contributed by atoms with Gasteiger partial charge in [-0.3, -0.25) is 4.79 Å². The van der Waals surface area contributed by atoms with Crippen LogP contribution < -0.4 is 10.1 Å². The van der Waals surface area contributed by atoms with E-state index in [0.29, 0.717) is 27.4 Å². The molecule has 4 aromatic rings. The van der Waals surface area contributed by atoms with E-state index in [1.54, 1.807) is 12.1 Å². The van der Waals surface area contributed by atoms with Crippen molar-refractivity contribution in [3.63, 3.8) is 0 Å². The highest BCUT2D eigenvalue weighted by atomic mass is 35.5. The zero-order chi connectivity index (χ0) is 22.6. The number of halogens is 1. The molecule has 0 bridgehead atoms. The Hall–Kier alpha value is -3.54. The number of benzene rings is 4. The maximum atomic E-state index is 12.4. The third-order valence-corrected chi connectivity index (χ3v) is 6.38. The quantitative estimate of drug-likeness (QED) is 0.320. The van der Waals surface area contributed by atoms with E-state index in [1.807, 2.05) is 60.7 Å². The lowest BCUT2D eigenvalue weighted by Crippen LogP contribution is -2.19. The Bertz CT molecular complexity index is 1410. The van der Waals surface area contributed by atoms with Gasteiger partial charge in [0.15, 0.2) is 5.17 Å². The minimum Gasteiger partial charge on any atom is -0.489 e. The summed E-state index contributed by atoms with van der Waals surface area (Å²) in [5.74, 6) is 0.554. The monoisotopic (exact) mass is 470 g/mol. The Morgan fingerprint density at radius 1 is 0.939 bits per heavy atom. The van der Waals surface area contributed by atoms with E-state index in [9.17, 15) is 4.79 Å². The fraction of sp³-hybridized carbons (Fsp3) is 0.0370. The van der Waals surface area contributed by atoms with Gasteiger partial charge in [-0.05, 0) is 64.0 Å². The number of thioether (sulfide) groups is 1. The average molecular weight is 471 g/mol. The van der Waals surface area contributed by atoms with Gasteiger partial charge in [-0.1, -0.05) is 78.3 Å². The molecule has 1 amide bonds. The van der Waals surface area contributed by atoms with Crippen LogP contribution in [0, 0.1) is 0 Å². The zero-order valence-corrected chi connectivity index (χ0v) is 19.1. The maximum absolute atomic E-state index is 12.4. The van der Waals surface area contributed by atoms with Crippen LogP contribution in [-0.4, -0.2) is 11.1 Å². The molecule has 1 aliphatic rings. The summed E-state index contributed by atoms with van der Waals surface area (Å²) in [6.45, 7) is 0.464. The number of amidine groups is 1. The summed E-state index contributed by atoms with van der Waals surface area (Å²) < 4.78 is 6.07. The first-order valence-corrected chi connectivity index (χ1v) is 11.6. The molecule has 6 heteroatoms. The Morgan fingerprint density at radius 3 is 2.64 bits per heavy atom. The molecule has 0 atom stereocenters. The van der Waals surface area contributed by atoms with Crippen molar-refractivity contribution in [1.82, 2.24) is 5.32 Å². The minimum absolute atomic E-state index is 0.187. The highest BCUT2D eigenvalue weighted by molar-refractivity contribution is 8.18. The number of rotatable bonds is 5. The van der Waals surface area contributed by atoms with E-state index in [1.165, 1.54) is 22.5 Å². The number of fused-ring (bicyclic) bond motifs is 1. The normalized spacial score (nSPS) is 15.8. The molecule has 1 N–H and O–H groups in total. The first kappa shape index (κ1) is 21.3. The molecule has 0 saturated carbocycles. The van der Waals surface area contributed by atoms with E-state index < -0.39 is 0 Å². The topological polar surface area (TPSA) is 50.7 Å². The number of carbonyl (C=O) groups excluding carboxylic acids is 1. The van der Waals surface area contributed by atoms with Gasteiger partial charge in [0.25, 0.3) is 5.91 Å². The fourth-order valence-electron chi connectivity index (χ4n) is 3.56. The maximum Gasteiger partial charge on any atom is 0.264 e. The Balaban J connectivity index is 1.32. The van der Waals surface area contributed by atoms with Crippen molar-refractivity contribution >= 4 is 57.0 Å². The van der Waals surface area contributed by atoms with Crippen LogP contribution >= 0.6 is 23.4 Å². The summed E-state index contributed by atoms with van der Waals surface area (Å²) in [7, 11) is 0. The second-order valence-electron chi connectivity index (χ2n) is 7.43. The third kappa shape index (κ3) is 4.95. The van der Waals surface area contributed by atoms with Crippen LogP contribution in [0.5, 0.6) is 5.75 Å². The second kappa shape index (κ2) is 9.53. The SMILES string of the molecule is O=C1NC(=Nc2ccccc2Cl)S/C1=C/c1cccc(OCc2cccc3ccccc23)c1. The predicted octanol–water partition coefficient (Wildman–Crippen LogP) is 6.96. The van der Waals surface area contributed by atoms with Gasteiger partial charge >= 0.3 is 0 Å². The van der Waals surface area contributed by atoms with Crippen molar-refractivity contribution in [1.29, 1.82) is 0 Å². The lowest BCUT2D eigenvalue weighted by atomic mass is 10.1. The van der Waals surface area contributed by atoms with Crippen LogP contribution in [0.1, 0.15) is 11.1 Å². The van der Waals surface area contributed by atoms with Crippen molar-refractivity contribution < 1.29 is 9.53 Å². The summed E-state index contributed by atoms with van der Waals surface area (Å²) in [5.41, 5.74) is 2.62. The fourth-order valence-corrected chi connectivity index (χ4v) is 4.57. The molecular weight excluding hydrogens is 452 g/mol. The van der Waals surface area contributed by atoms with Crippen LogP contribution in [0.15, 0.2) is 101 Å².